The number of benzene rings is 3. The maximum absolute atomic E-state index is 13.1. The number of ether oxygens (including phenoxy) is 11. The first-order valence-corrected chi connectivity index (χ1v) is 19.0. The van der Waals surface area contributed by atoms with Gasteiger partial charge in [-0.2, -0.15) is 13.2 Å². The lowest BCUT2D eigenvalue weighted by Gasteiger charge is -2.13. The Morgan fingerprint density at radius 1 is 0.542 bits per heavy atom. The molecule has 0 aliphatic rings. The minimum absolute atomic E-state index is 0.0113. The summed E-state index contributed by atoms with van der Waals surface area (Å²) in [7, 11) is 0. The minimum Gasteiger partial charge on any atom is -0.491 e. The summed E-state index contributed by atoms with van der Waals surface area (Å²) in [6.07, 6.45) is -4.48. The number of nitrogens with one attached hydrogen (secondary N) is 1. The SMILES string of the molecule is O=C(OCCOCCOCCOCCOCCOCCOCCOCCOCCOCCOc1ccc([N+](=O)[O-])cc1)c1ccccc1Nc1cccc(C(F)(F)F)c1. The molecule has 3 rings (SSSR count). The van der Waals surface area contributed by atoms with Crippen molar-refractivity contribution in [2.45, 2.75) is 6.18 Å². The fourth-order valence-corrected chi connectivity index (χ4v) is 4.71. The number of rotatable bonds is 35. The maximum Gasteiger partial charge on any atom is 0.416 e. The molecule has 0 unspecified atom stereocenters. The van der Waals surface area contributed by atoms with Gasteiger partial charge in [0.2, 0.25) is 0 Å². The Morgan fingerprint density at radius 2 is 0.966 bits per heavy atom. The molecular formula is C40H53F3N2O14. The van der Waals surface area contributed by atoms with E-state index in [2.05, 4.69) is 5.32 Å². The van der Waals surface area contributed by atoms with E-state index < -0.39 is 22.6 Å². The van der Waals surface area contributed by atoms with Crippen molar-refractivity contribution in [2.24, 2.45) is 0 Å². The van der Waals surface area contributed by atoms with Crippen LogP contribution in [0.3, 0.4) is 0 Å². The molecule has 0 bridgehead atoms. The van der Waals surface area contributed by atoms with Crippen LogP contribution in [0.4, 0.5) is 30.2 Å². The number of nitro groups is 1. The highest BCUT2D eigenvalue weighted by molar-refractivity contribution is 5.96. The average molecular weight is 843 g/mol. The van der Waals surface area contributed by atoms with E-state index >= 15 is 0 Å². The number of esters is 1. The Labute approximate surface area is 341 Å². The van der Waals surface area contributed by atoms with Crippen LogP contribution < -0.4 is 10.1 Å². The Bertz CT molecular complexity index is 1570. The molecule has 0 atom stereocenters. The largest absolute Gasteiger partial charge is 0.491 e. The lowest BCUT2D eigenvalue weighted by atomic mass is 10.1. The van der Waals surface area contributed by atoms with Crippen LogP contribution in [0.5, 0.6) is 5.75 Å². The highest BCUT2D eigenvalue weighted by Crippen LogP contribution is 2.32. The number of halogens is 3. The van der Waals surface area contributed by atoms with E-state index in [0.717, 1.165) is 12.1 Å². The zero-order valence-corrected chi connectivity index (χ0v) is 32.9. The molecule has 0 saturated heterocycles. The van der Waals surface area contributed by atoms with Crippen molar-refractivity contribution in [2.75, 3.05) is 137 Å². The Morgan fingerprint density at radius 3 is 1.41 bits per heavy atom. The molecule has 0 aliphatic carbocycles. The summed E-state index contributed by atoms with van der Waals surface area (Å²) < 4.78 is 99.0. The van der Waals surface area contributed by atoms with Crippen molar-refractivity contribution in [1.82, 2.24) is 0 Å². The second kappa shape index (κ2) is 30.6. The maximum atomic E-state index is 13.1. The molecule has 0 spiro atoms. The molecule has 1 N–H and O–H groups in total. The lowest BCUT2D eigenvalue weighted by molar-refractivity contribution is -0.384. The fraction of sp³-hybridized carbons (Fsp3) is 0.525. The van der Waals surface area contributed by atoms with Gasteiger partial charge in [-0.25, -0.2) is 4.79 Å². The molecule has 3 aromatic carbocycles. The zero-order chi connectivity index (χ0) is 42.2. The first-order valence-electron chi connectivity index (χ1n) is 19.0. The number of carbonyl (C=O) groups is 1. The highest BCUT2D eigenvalue weighted by atomic mass is 19.4. The molecule has 16 nitrogen and oxygen atoms in total. The van der Waals surface area contributed by atoms with Crippen LogP contribution in [0.15, 0.2) is 72.8 Å². The van der Waals surface area contributed by atoms with Crippen molar-refractivity contribution in [3.8, 4) is 5.75 Å². The number of anilines is 2. The first-order chi connectivity index (χ1) is 28.7. The number of hydrogen-bond donors (Lipinski definition) is 1. The fourth-order valence-electron chi connectivity index (χ4n) is 4.71. The van der Waals surface area contributed by atoms with E-state index in [1.807, 2.05) is 0 Å². The molecule has 328 valence electrons. The van der Waals surface area contributed by atoms with Gasteiger partial charge in [0.1, 0.15) is 19.0 Å². The van der Waals surface area contributed by atoms with Gasteiger partial charge >= 0.3 is 12.1 Å². The van der Waals surface area contributed by atoms with Gasteiger partial charge in [0, 0.05) is 17.8 Å². The first kappa shape index (κ1) is 48.9. The van der Waals surface area contributed by atoms with Crippen LogP contribution in [0.25, 0.3) is 0 Å². The topological polar surface area (TPSA) is 174 Å². The smallest absolute Gasteiger partial charge is 0.416 e. The second-order valence-corrected chi connectivity index (χ2v) is 12.0. The second-order valence-electron chi connectivity index (χ2n) is 12.0. The van der Waals surface area contributed by atoms with Crippen LogP contribution in [-0.4, -0.2) is 143 Å². The van der Waals surface area contributed by atoms with Gasteiger partial charge in [-0.3, -0.25) is 10.1 Å². The standard InChI is InChI=1S/C40H53F3N2O14/c41-40(42,43)33-4-3-5-34(32-33)44-38-7-2-1-6-37(38)39(46)59-31-29-57-27-25-55-23-21-53-19-17-51-15-13-49-12-14-50-16-18-52-20-22-54-24-26-56-28-30-58-36-10-8-35(9-11-36)45(47)48/h1-11,32,44H,12-31H2. The number of carbonyl (C=O) groups excluding carboxylic acids is 1. The third kappa shape index (κ3) is 23.1. The van der Waals surface area contributed by atoms with E-state index in [1.165, 1.54) is 30.3 Å². The van der Waals surface area contributed by atoms with Crippen molar-refractivity contribution < 1.29 is 75.0 Å². The van der Waals surface area contributed by atoms with Crippen LogP contribution in [0, 0.1) is 10.1 Å². The number of nitrogens with zero attached hydrogens (tertiary/aromatic N) is 1. The molecular weight excluding hydrogens is 789 g/mol. The van der Waals surface area contributed by atoms with Crippen LogP contribution in [0.2, 0.25) is 0 Å². The van der Waals surface area contributed by atoms with E-state index in [4.69, 9.17) is 52.1 Å². The third-order valence-electron chi connectivity index (χ3n) is 7.60. The van der Waals surface area contributed by atoms with Gasteiger partial charge in [0.15, 0.2) is 0 Å². The number of alkyl halides is 3. The van der Waals surface area contributed by atoms with E-state index in [0.29, 0.717) is 124 Å². The van der Waals surface area contributed by atoms with Crippen molar-refractivity contribution in [1.29, 1.82) is 0 Å². The average Bonchev–Trinajstić information content (AvgIpc) is 3.23. The van der Waals surface area contributed by atoms with Crippen LogP contribution >= 0.6 is 0 Å². The van der Waals surface area contributed by atoms with Gasteiger partial charge in [0.25, 0.3) is 5.69 Å². The number of para-hydroxylation sites is 1. The molecule has 0 aromatic heterocycles. The normalized spacial score (nSPS) is 11.4. The van der Waals surface area contributed by atoms with Gasteiger partial charge in [-0.15, -0.1) is 0 Å². The Balaban J connectivity index is 0.992. The predicted octanol–water partition coefficient (Wildman–Crippen LogP) is 5.74. The summed E-state index contributed by atoms with van der Waals surface area (Å²) in [5.74, 6) is -0.0973. The summed E-state index contributed by atoms with van der Waals surface area (Å²) in [5.41, 5.74) is -0.107. The number of hydrogen-bond acceptors (Lipinski definition) is 15. The van der Waals surface area contributed by atoms with Gasteiger partial charge in [-0.05, 0) is 42.5 Å². The Hall–Kier alpha value is -4.44. The molecule has 0 fully saturated rings. The summed E-state index contributed by atoms with van der Waals surface area (Å²) in [4.78, 5) is 22.8. The number of nitro benzene ring substituents is 1. The molecule has 0 amide bonds. The summed E-state index contributed by atoms with van der Waals surface area (Å²) >= 11 is 0. The van der Waals surface area contributed by atoms with Crippen molar-refractivity contribution in [3.05, 3.63) is 94.0 Å². The van der Waals surface area contributed by atoms with Gasteiger partial charge < -0.3 is 57.4 Å². The van der Waals surface area contributed by atoms with Crippen molar-refractivity contribution >= 4 is 23.0 Å². The van der Waals surface area contributed by atoms with Crippen molar-refractivity contribution in [3.63, 3.8) is 0 Å². The van der Waals surface area contributed by atoms with E-state index in [1.54, 1.807) is 30.3 Å². The molecule has 0 heterocycles. The number of non-ortho nitro benzene ring substituents is 1. The minimum atomic E-state index is -4.48. The third-order valence-corrected chi connectivity index (χ3v) is 7.60. The predicted molar refractivity (Wildman–Crippen MR) is 207 cm³/mol. The monoisotopic (exact) mass is 842 g/mol. The molecule has 0 aliphatic heterocycles. The molecule has 0 saturated carbocycles. The van der Waals surface area contributed by atoms with E-state index in [-0.39, 0.29) is 36.8 Å². The van der Waals surface area contributed by atoms with Crippen LogP contribution in [-0.2, 0) is 53.5 Å². The quantitative estimate of drug-likeness (QED) is 0.0328. The molecule has 19 heteroatoms. The summed E-state index contributed by atoms with van der Waals surface area (Å²) in [5, 5.41) is 13.5. The summed E-state index contributed by atoms with van der Waals surface area (Å²) in [6, 6.07) is 16.9. The summed E-state index contributed by atoms with van der Waals surface area (Å²) in [6.45, 7) is 7.38. The molecule has 0 radical (unpaired) electrons. The van der Waals surface area contributed by atoms with Crippen LogP contribution in [0.1, 0.15) is 15.9 Å². The molecule has 59 heavy (non-hydrogen) atoms. The van der Waals surface area contributed by atoms with E-state index in [9.17, 15) is 28.1 Å². The zero-order valence-electron chi connectivity index (χ0n) is 32.9. The lowest BCUT2D eigenvalue weighted by Crippen LogP contribution is -2.16. The molecule has 3 aromatic rings. The highest BCUT2D eigenvalue weighted by Gasteiger charge is 2.30. The van der Waals surface area contributed by atoms with Gasteiger partial charge in [0.05, 0.1) is 141 Å². The van der Waals surface area contributed by atoms with Gasteiger partial charge in [-0.1, -0.05) is 18.2 Å². The Kier molecular flexibility index (Phi) is 25.4.